The Kier molecular flexibility index (Phi) is 3.29. The molecule has 0 radical (unpaired) electrons. The lowest BCUT2D eigenvalue weighted by Crippen LogP contribution is -2.30. The maximum atomic E-state index is 9.49. The van der Waals surface area contributed by atoms with Crippen LogP contribution in [-0.2, 0) is 6.42 Å². The van der Waals surface area contributed by atoms with Crippen LogP contribution in [0.4, 0.5) is 0 Å². The van der Waals surface area contributed by atoms with Crippen molar-refractivity contribution < 1.29 is 5.11 Å². The molecule has 0 spiro atoms. The highest BCUT2D eigenvalue weighted by molar-refractivity contribution is 6.31. The van der Waals surface area contributed by atoms with Crippen LogP contribution < -0.4 is 5.32 Å². The van der Waals surface area contributed by atoms with E-state index >= 15 is 0 Å². The molecule has 2 N–H and O–H groups in total. The summed E-state index contributed by atoms with van der Waals surface area (Å²) in [5, 5.41) is 13.6. The average molecular weight is 226 g/mol. The Bertz CT molecular complexity index is 334. The first-order valence-corrected chi connectivity index (χ1v) is 5.69. The van der Waals surface area contributed by atoms with Crippen molar-refractivity contribution in [2.75, 3.05) is 19.7 Å². The molecule has 1 aliphatic heterocycles. The zero-order chi connectivity index (χ0) is 10.7. The highest BCUT2D eigenvalue weighted by Crippen LogP contribution is 2.31. The summed E-state index contributed by atoms with van der Waals surface area (Å²) in [6.45, 7) is 2.10. The Labute approximate surface area is 95.3 Å². The molecule has 1 heterocycles. The van der Waals surface area contributed by atoms with Crippen LogP contribution >= 0.6 is 11.6 Å². The third-order valence-corrected chi connectivity index (χ3v) is 3.56. The van der Waals surface area contributed by atoms with Gasteiger partial charge in [-0.3, -0.25) is 0 Å². The fourth-order valence-corrected chi connectivity index (χ4v) is 2.39. The fraction of sp³-hybridized carbons (Fsp3) is 0.500. The van der Waals surface area contributed by atoms with Crippen molar-refractivity contribution in [3.63, 3.8) is 0 Å². The minimum Gasteiger partial charge on any atom is -0.396 e. The lowest BCUT2D eigenvalue weighted by molar-refractivity contribution is 0.143. The molecule has 1 fully saturated rings. The van der Waals surface area contributed by atoms with E-state index in [-0.39, 0.29) is 12.0 Å². The van der Waals surface area contributed by atoms with Crippen molar-refractivity contribution in [2.45, 2.75) is 12.8 Å². The first-order valence-electron chi connectivity index (χ1n) is 5.31. The minimum atomic E-state index is -0.00894. The van der Waals surface area contributed by atoms with Crippen LogP contribution in [0.5, 0.6) is 0 Å². The second kappa shape index (κ2) is 4.52. The van der Waals surface area contributed by atoms with Gasteiger partial charge in [0, 0.05) is 17.0 Å². The molecule has 1 unspecified atom stereocenters. The van der Waals surface area contributed by atoms with Gasteiger partial charge in [0.25, 0.3) is 0 Å². The Morgan fingerprint density at radius 2 is 2.20 bits per heavy atom. The van der Waals surface area contributed by atoms with Crippen LogP contribution in [0, 0.1) is 5.41 Å². The van der Waals surface area contributed by atoms with Gasteiger partial charge in [0.1, 0.15) is 0 Å². The predicted octanol–water partition coefficient (Wildman–Crippen LogP) is 1.85. The number of nitrogens with one attached hydrogen (secondary N) is 1. The van der Waals surface area contributed by atoms with Crippen LogP contribution in [-0.4, -0.2) is 24.8 Å². The van der Waals surface area contributed by atoms with Crippen LogP contribution in [0.15, 0.2) is 24.3 Å². The van der Waals surface area contributed by atoms with Crippen LogP contribution in [0.3, 0.4) is 0 Å². The van der Waals surface area contributed by atoms with E-state index in [9.17, 15) is 5.11 Å². The van der Waals surface area contributed by atoms with Gasteiger partial charge >= 0.3 is 0 Å². The Morgan fingerprint density at radius 1 is 1.40 bits per heavy atom. The second-order valence-electron chi connectivity index (χ2n) is 4.35. The molecular weight excluding hydrogens is 210 g/mol. The van der Waals surface area contributed by atoms with Crippen LogP contribution in [0.25, 0.3) is 0 Å². The molecule has 1 aromatic rings. The van der Waals surface area contributed by atoms with Crippen molar-refractivity contribution in [1.29, 1.82) is 0 Å². The molecule has 1 aromatic carbocycles. The van der Waals surface area contributed by atoms with Gasteiger partial charge in [-0.1, -0.05) is 29.8 Å². The summed E-state index contributed by atoms with van der Waals surface area (Å²) in [7, 11) is 0. The van der Waals surface area contributed by atoms with Gasteiger partial charge in [-0.25, -0.2) is 0 Å². The molecule has 3 heteroatoms. The van der Waals surface area contributed by atoms with E-state index in [1.165, 1.54) is 0 Å². The molecule has 82 valence electrons. The third-order valence-electron chi connectivity index (χ3n) is 3.19. The van der Waals surface area contributed by atoms with Gasteiger partial charge in [-0.05, 0) is 31.0 Å². The Balaban J connectivity index is 2.16. The largest absolute Gasteiger partial charge is 0.396 e. The number of halogens is 1. The Morgan fingerprint density at radius 3 is 2.80 bits per heavy atom. The molecule has 2 nitrogen and oxygen atoms in total. The van der Waals surface area contributed by atoms with Gasteiger partial charge in [0.05, 0.1) is 6.61 Å². The zero-order valence-electron chi connectivity index (χ0n) is 8.67. The van der Waals surface area contributed by atoms with E-state index in [1.807, 2.05) is 24.3 Å². The predicted molar refractivity (Wildman–Crippen MR) is 62.2 cm³/mol. The van der Waals surface area contributed by atoms with Crippen molar-refractivity contribution in [3.8, 4) is 0 Å². The molecule has 15 heavy (non-hydrogen) atoms. The second-order valence-corrected chi connectivity index (χ2v) is 4.76. The SMILES string of the molecule is OCC1(Cc2ccccc2Cl)CCNC1. The van der Waals surface area contributed by atoms with E-state index in [1.54, 1.807) is 0 Å². The molecule has 0 saturated carbocycles. The normalized spacial score (nSPS) is 25.7. The van der Waals surface area contributed by atoms with E-state index in [2.05, 4.69) is 5.32 Å². The summed E-state index contributed by atoms with van der Waals surface area (Å²) in [6.07, 6.45) is 1.88. The van der Waals surface area contributed by atoms with Crippen molar-refractivity contribution >= 4 is 11.6 Å². The summed E-state index contributed by atoms with van der Waals surface area (Å²) < 4.78 is 0. The standard InChI is InChI=1S/C12H16ClNO/c13-11-4-2-1-3-10(11)7-12(9-15)5-6-14-8-12/h1-4,14-15H,5-9H2. The van der Waals surface area contributed by atoms with Gasteiger partial charge in [-0.2, -0.15) is 0 Å². The van der Waals surface area contributed by atoms with Gasteiger partial charge in [0.15, 0.2) is 0 Å². The number of aliphatic hydroxyl groups is 1. The molecule has 0 aliphatic carbocycles. The maximum absolute atomic E-state index is 9.49. The van der Waals surface area contributed by atoms with E-state index < -0.39 is 0 Å². The van der Waals surface area contributed by atoms with Crippen LogP contribution in [0.2, 0.25) is 5.02 Å². The lowest BCUT2D eigenvalue weighted by atomic mass is 9.81. The maximum Gasteiger partial charge on any atom is 0.0503 e. The number of rotatable bonds is 3. The van der Waals surface area contributed by atoms with Gasteiger partial charge < -0.3 is 10.4 Å². The van der Waals surface area contributed by atoms with Crippen molar-refractivity contribution in [2.24, 2.45) is 5.41 Å². The van der Waals surface area contributed by atoms with Gasteiger partial charge in [-0.15, -0.1) is 0 Å². The summed E-state index contributed by atoms with van der Waals surface area (Å²) in [4.78, 5) is 0. The zero-order valence-corrected chi connectivity index (χ0v) is 9.43. The first kappa shape index (κ1) is 10.9. The summed E-state index contributed by atoms with van der Waals surface area (Å²) >= 11 is 6.12. The van der Waals surface area contributed by atoms with E-state index in [0.717, 1.165) is 36.5 Å². The highest BCUT2D eigenvalue weighted by atomic mass is 35.5. The number of hydrogen-bond acceptors (Lipinski definition) is 2. The molecule has 1 atom stereocenters. The highest BCUT2D eigenvalue weighted by Gasteiger charge is 2.33. The third kappa shape index (κ3) is 2.33. The minimum absolute atomic E-state index is 0.00894. The molecule has 2 rings (SSSR count). The summed E-state index contributed by atoms with van der Waals surface area (Å²) in [5.74, 6) is 0. The smallest absolute Gasteiger partial charge is 0.0503 e. The number of hydrogen-bond donors (Lipinski definition) is 2. The first-order chi connectivity index (χ1) is 7.26. The fourth-order valence-electron chi connectivity index (χ4n) is 2.18. The monoisotopic (exact) mass is 225 g/mol. The van der Waals surface area contributed by atoms with Crippen molar-refractivity contribution in [1.82, 2.24) is 5.32 Å². The Hall–Kier alpha value is -0.570. The molecular formula is C12H16ClNO. The quantitative estimate of drug-likeness (QED) is 0.823. The molecule has 0 amide bonds. The molecule has 1 saturated heterocycles. The van der Waals surface area contributed by atoms with E-state index in [4.69, 9.17) is 11.6 Å². The molecule has 0 aromatic heterocycles. The lowest BCUT2D eigenvalue weighted by Gasteiger charge is -2.26. The molecule has 1 aliphatic rings. The van der Waals surface area contributed by atoms with Crippen LogP contribution in [0.1, 0.15) is 12.0 Å². The molecule has 0 bridgehead atoms. The number of benzene rings is 1. The topological polar surface area (TPSA) is 32.3 Å². The van der Waals surface area contributed by atoms with Crippen molar-refractivity contribution in [3.05, 3.63) is 34.9 Å². The number of aliphatic hydroxyl groups excluding tert-OH is 1. The summed E-state index contributed by atoms with van der Waals surface area (Å²) in [6, 6.07) is 7.88. The van der Waals surface area contributed by atoms with Gasteiger partial charge in [0.2, 0.25) is 0 Å². The summed E-state index contributed by atoms with van der Waals surface area (Å²) in [5.41, 5.74) is 1.13. The van der Waals surface area contributed by atoms with E-state index in [0.29, 0.717) is 0 Å². The average Bonchev–Trinajstić information content (AvgIpc) is 2.71.